The number of amides is 1. The number of carboxylic acid groups (broad SMARTS) is 1. The highest BCUT2D eigenvalue weighted by molar-refractivity contribution is 5.73. The first kappa shape index (κ1) is 14.9. The van der Waals surface area contributed by atoms with Gasteiger partial charge in [-0.2, -0.15) is 0 Å². The normalized spacial score (nSPS) is 12.3. The molecular formula is C12H23NO3. The van der Waals surface area contributed by atoms with E-state index in [1.54, 1.807) is 0 Å². The van der Waals surface area contributed by atoms with Gasteiger partial charge in [-0.05, 0) is 18.8 Å². The monoisotopic (exact) mass is 229 g/mol. The van der Waals surface area contributed by atoms with E-state index in [2.05, 4.69) is 6.92 Å². The summed E-state index contributed by atoms with van der Waals surface area (Å²) in [6.45, 7) is 2.07. The van der Waals surface area contributed by atoms with Crippen LogP contribution in [0, 0.1) is 5.92 Å². The molecule has 1 amide bonds. The lowest BCUT2D eigenvalue weighted by atomic mass is 9.94. The molecule has 0 saturated carbocycles. The van der Waals surface area contributed by atoms with E-state index in [-0.39, 0.29) is 12.3 Å². The minimum absolute atomic E-state index is 0.224. The summed E-state index contributed by atoms with van der Waals surface area (Å²) in [6, 6.07) is 0. The van der Waals surface area contributed by atoms with E-state index in [1.807, 2.05) is 0 Å². The number of nitrogens with two attached hydrogens (primary N) is 1. The van der Waals surface area contributed by atoms with Crippen molar-refractivity contribution in [2.45, 2.75) is 58.3 Å². The molecule has 16 heavy (non-hydrogen) atoms. The number of hydrogen-bond acceptors (Lipinski definition) is 2. The van der Waals surface area contributed by atoms with Crippen LogP contribution in [0.3, 0.4) is 0 Å². The second-order valence-electron chi connectivity index (χ2n) is 4.29. The minimum Gasteiger partial charge on any atom is -0.481 e. The number of rotatable bonds is 10. The zero-order valence-electron chi connectivity index (χ0n) is 10.1. The van der Waals surface area contributed by atoms with E-state index >= 15 is 0 Å². The van der Waals surface area contributed by atoms with Crippen LogP contribution >= 0.6 is 0 Å². The molecule has 0 aliphatic carbocycles. The average molecular weight is 229 g/mol. The standard InChI is InChI=1S/C12H23NO3/c1-2-10(9-11(13)14)7-5-3-4-6-8-12(15)16/h10H,2-9H2,1H3,(H2,13,14)(H,15,16). The molecule has 0 aromatic heterocycles. The van der Waals surface area contributed by atoms with Crippen LogP contribution in [0.25, 0.3) is 0 Å². The van der Waals surface area contributed by atoms with Crippen molar-refractivity contribution in [3.05, 3.63) is 0 Å². The third-order valence-corrected chi connectivity index (χ3v) is 2.82. The third kappa shape index (κ3) is 9.49. The Morgan fingerprint density at radius 2 is 1.81 bits per heavy atom. The maximum atomic E-state index is 10.7. The van der Waals surface area contributed by atoms with E-state index in [0.29, 0.717) is 12.3 Å². The Balaban J connectivity index is 3.41. The molecule has 1 unspecified atom stereocenters. The van der Waals surface area contributed by atoms with E-state index in [9.17, 15) is 9.59 Å². The van der Waals surface area contributed by atoms with Crippen molar-refractivity contribution in [1.29, 1.82) is 0 Å². The Morgan fingerprint density at radius 1 is 1.19 bits per heavy atom. The number of hydrogen-bond donors (Lipinski definition) is 2. The predicted molar refractivity (Wildman–Crippen MR) is 62.9 cm³/mol. The van der Waals surface area contributed by atoms with Crippen molar-refractivity contribution in [2.24, 2.45) is 11.7 Å². The molecule has 0 aliphatic rings. The molecule has 0 saturated heterocycles. The first-order valence-corrected chi connectivity index (χ1v) is 6.06. The summed E-state index contributed by atoms with van der Waals surface area (Å²) >= 11 is 0. The van der Waals surface area contributed by atoms with Crippen molar-refractivity contribution >= 4 is 11.9 Å². The molecule has 4 heteroatoms. The van der Waals surface area contributed by atoms with Gasteiger partial charge in [0.15, 0.2) is 0 Å². The molecule has 94 valence electrons. The Kier molecular flexibility index (Phi) is 8.58. The van der Waals surface area contributed by atoms with Crippen LogP contribution in [0.1, 0.15) is 58.3 Å². The summed E-state index contributed by atoms with van der Waals surface area (Å²) in [7, 11) is 0. The molecule has 0 bridgehead atoms. The van der Waals surface area contributed by atoms with Crippen LogP contribution in [0.15, 0.2) is 0 Å². The highest BCUT2D eigenvalue weighted by Gasteiger charge is 2.09. The molecule has 0 heterocycles. The number of carboxylic acids is 1. The van der Waals surface area contributed by atoms with Gasteiger partial charge in [-0.15, -0.1) is 0 Å². The smallest absolute Gasteiger partial charge is 0.303 e. The average Bonchev–Trinajstić information content (AvgIpc) is 2.20. The fourth-order valence-corrected chi connectivity index (χ4v) is 1.80. The summed E-state index contributed by atoms with van der Waals surface area (Å²) in [5, 5.41) is 8.44. The number of aliphatic carboxylic acids is 1. The lowest BCUT2D eigenvalue weighted by Crippen LogP contribution is -2.15. The SMILES string of the molecule is CCC(CCCCCCC(=O)O)CC(N)=O. The van der Waals surface area contributed by atoms with Crippen molar-refractivity contribution in [3.8, 4) is 0 Å². The number of carbonyl (C=O) groups excluding carboxylic acids is 1. The maximum Gasteiger partial charge on any atom is 0.303 e. The van der Waals surface area contributed by atoms with Gasteiger partial charge in [-0.1, -0.05) is 32.6 Å². The highest BCUT2D eigenvalue weighted by atomic mass is 16.4. The largest absolute Gasteiger partial charge is 0.481 e. The Hall–Kier alpha value is -1.06. The summed E-state index contributed by atoms with van der Waals surface area (Å²) in [5.74, 6) is -0.546. The van der Waals surface area contributed by atoms with Crippen LogP contribution in [0.5, 0.6) is 0 Å². The molecule has 1 atom stereocenters. The second-order valence-corrected chi connectivity index (χ2v) is 4.29. The van der Waals surface area contributed by atoms with E-state index in [0.717, 1.165) is 38.5 Å². The Morgan fingerprint density at radius 3 is 2.31 bits per heavy atom. The van der Waals surface area contributed by atoms with Gasteiger partial charge in [0, 0.05) is 12.8 Å². The van der Waals surface area contributed by atoms with Crippen molar-refractivity contribution in [2.75, 3.05) is 0 Å². The van der Waals surface area contributed by atoms with Gasteiger partial charge in [0.1, 0.15) is 0 Å². The van der Waals surface area contributed by atoms with Gasteiger partial charge < -0.3 is 10.8 Å². The minimum atomic E-state index is -0.722. The zero-order valence-corrected chi connectivity index (χ0v) is 10.1. The van der Waals surface area contributed by atoms with Gasteiger partial charge in [0.25, 0.3) is 0 Å². The van der Waals surface area contributed by atoms with Crippen LogP contribution in [-0.4, -0.2) is 17.0 Å². The zero-order chi connectivity index (χ0) is 12.4. The van der Waals surface area contributed by atoms with E-state index in [1.165, 1.54) is 0 Å². The molecule has 0 aromatic carbocycles. The second kappa shape index (κ2) is 9.19. The first-order valence-electron chi connectivity index (χ1n) is 6.06. The Bertz CT molecular complexity index is 216. The number of carbonyl (C=O) groups is 2. The molecule has 0 fully saturated rings. The quantitative estimate of drug-likeness (QED) is 0.564. The lowest BCUT2D eigenvalue weighted by Gasteiger charge is -2.11. The molecule has 3 N–H and O–H groups in total. The van der Waals surface area contributed by atoms with Crippen LogP contribution in [-0.2, 0) is 9.59 Å². The lowest BCUT2D eigenvalue weighted by molar-refractivity contribution is -0.137. The Labute approximate surface area is 97.2 Å². The summed E-state index contributed by atoms with van der Waals surface area (Å²) < 4.78 is 0. The van der Waals surface area contributed by atoms with Crippen molar-refractivity contribution in [1.82, 2.24) is 0 Å². The van der Waals surface area contributed by atoms with E-state index in [4.69, 9.17) is 10.8 Å². The van der Waals surface area contributed by atoms with Gasteiger partial charge >= 0.3 is 5.97 Å². The van der Waals surface area contributed by atoms with Crippen LogP contribution in [0.2, 0.25) is 0 Å². The topological polar surface area (TPSA) is 80.4 Å². The van der Waals surface area contributed by atoms with Crippen molar-refractivity contribution < 1.29 is 14.7 Å². The van der Waals surface area contributed by atoms with Gasteiger partial charge in [-0.3, -0.25) is 9.59 Å². The summed E-state index contributed by atoms with van der Waals surface area (Å²) in [6.07, 6.45) is 6.56. The highest BCUT2D eigenvalue weighted by Crippen LogP contribution is 2.17. The number of unbranched alkanes of at least 4 members (excludes halogenated alkanes) is 3. The molecule has 0 aromatic rings. The van der Waals surface area contributed by atoms with E-state index < -0.39 is 5.97 Å². The summed E-state index contributed by atoms with van der Waals surface area (Å²) in [5.41, 5.74) is 5.15. The molecule has 0 spiro atoms. The third-order valence-electron chi connectivity index (χ3n) is 2.82. The molecule has 0 rings (SSSR count). The van der Waals surface area contributed by atoms with Crippen molar-refractivity contribution in [3.63, 3.8) is 0 Å². The molecule has 4 nitrogen and oxygen atoms in total. The molecule has 0 aliphatic heterocycles. The fourth-order valence-electron chi connectivity index (χ4n) is 1.80. The summed E-state index contributed by atoms with van der Waals surface area (Å²) in [4.78, 5) is 21.0. The van der Waals surface area contributed by atoms with Crippen LogP contribution in [0.4, 0.5) is 0 Å². The molecular weight excluding hydrogens is 206 g/mol. The van der Waals surface area contributed by atoms with Crippen LogP contribution < -0.4 is 5.73 Å². The van der Waals surface area contributed by atoms with Gasteiger partial charge in [0.2, 0.25) is 5.91 Å². The maximum absolute atomic E-state index is 10.7. The number of primary amides is 1. The molecule has 0 radical (unpaired) electrons. The van der Waals surface area contributed by atoms with Gasteiger partial charge in [-0.25, -0.2) is 0 Å². The van der Waals surface area contributed by atoms with Gasteiger partial charge in [0.05, 0.1) is 0 Å². The first-order chi connectivity index (χ1) is 7.56. The predicted octanol–water partition coefficient (Wildman–Crippen LogP) is 2.31. The fraction of sp³-hybridized carbons (Fsp3) is 0.833.